The molecule has 1 aromatic carbocycles. The Morgan fingerprint density at radius 1 is 1.32 bits per heavy atom. The second-order valence-electron chi connectivity index (χ2n) is 7.18. The van der Waals surface area contributed by atoms with Gasteiger partial charge in [-0.2, -0.15) is 4.72 Å². The molecule has 3 rings (SSSR count). The van der Waals surface area contributed by atoms with E-state index in [1.54, 1.807) is 32.0 Å². The van der Waals surface area contributed by atoms with Crippen LogP contribution in [-0.4, -0.2) is 39.4 Å². The number of nitrogens with zero attached hydrogens (tertiary/aromatic N) is 2. The molecule has 0 radical (unpaired) electrons. The molecule has 1 aromatic heterocycles. The Labute approximate surface area is 189 Å². The minimum atomic E-state index is -3.89. The maximum absolute atomic E-state index is 14.7. The number of amides is 2. The standard InChI is InChI=1S/C20H21ClFN3O4S2/c1-13(2)25(12-26)14-3-5-18(16(22)11-14)24-9-7-17(20(24)27)23-31(28,29)10-8-15-4-6-19(21)30-15/h3-6,8,10-13,17,23H,7,9H2,1-2H3/b10-8+/t17-/m0/s1. The highest BCUT2D eigenvalue weighted by Gasteiger charge is 2.36. The third kappa shape index (κ3) is 5.51. The van der Waals surface area contributed by atoms with Crippen LogP contribution in [0.25, 0.3) is 6.08 Å². The van der Waals surface area contributed by atoms with Crippen molar-refractivity contribution in [2.45, 2.75) is 32.4 Å². The van der Waals surface area contributed by atoms with Gasteiger partial charge in [0.05, 0.1) is 10.0 Å². The summed E-state index contributed by atoms with van der Waals surface area (Å²) in [6.07, 6.45) is 2.20. The van der Waals surface area contributed by atoms with Gasteiger partial charge in [-0.1, -0.05) is 11.6 Å². The lowest BCUT2D eigenvalue weighted by Gasteiger charge is -2.23. The normalized spacial score (nSPS) is 17.1. The molecule has 2 amide bonds. The van der Waals surface area contributed by atoms with E-state index in [2.05, 4.69) is 4.72 Å². The van der Waals surface area contributed by atoms with Crippen molar-refractivity contribution in [3.8, 4) is 0 Å². The van der Waals surface area contributed by atoms with Crippen molar-refractivity contribution in [3.63, 3.8) is 0 Å². The summed E-state index contributed by atoms with van der Waals surface area (Å²) < 4.78 is 42.2. The van der Waals surface area contributed by atoms with Crippen molar-refractivity contribution >= 4 is 62.7 Å². The molecule has 1 aliphatic heterocycles. The molecule has 0 saturated carbocycles. The van der Waals surface area contributed by atoms with E-state index < -0.39 is 27.8 Å². The molecule has 0 aliphatic carbocycles. The Bertz CT molecular complexity index is 1120. The Kier molecular flexibility index (Phi) is 7.15. The van der Waals surface area contributed by atoms with Crippen LogP contribution in [-0.2, 0) is 19.6 Å². The van der Waals surface area contributed by atoms with Crippen molar-refractivity contribution in [2.75, 3.05) is 16.3 Å². The Balaban J connectivity index is 1.72. The van der Waals surface area contributed by atoms with E-state index >= 15 is 0 Å². The fourth-order valence-corrected chi connectivity index (χ4v) is 5.27. The van der Waals surface area contributed by atoms with Gasteiger partial charge in [-0.15, -0.1) is 11.3 Å². The van der Waals surface area contributed by atoms with Gasteiger partial charge < -0.3 is 9.80 Å². The summed E-state index contributed by atoms with van der Waals surface area (Å²) in [5, 5.41) is 0.973. The first-order valence-corrected chi connectivity index (χ1v) is 12.2. The second kappa shape index (κ2) is 9.47. The van der Waals surface area contributed by atoms with Crippen molar-refractivity contribution in [3.05, 3.63) is 50.8 Å². The molecule has 0 spiro atoms. The highest BCUT2D eigenvalue weighted by atomic mass is 35.5. The minimum Gasteiger partial charge on any atom is -0.312 e. The Morgan fingerprint density at radius 2 is 2.06 bits per heavy atom. The average Bonchev–Trinajstić information content (AvgIpc) is 3.27. The molecule has 0 bridgehead atoms. The number of carbonyl (C=O) groups excluding carboxylic acids is 2. The molecule has 166 valence electrons. The van der Waals surface area contributed by atoms with Gasteiger partial charge in [-0.3, -0.25) is 9.59 Å². The number of hydrogen-bond acceptors (Lipinski definition) is 5. The molecule has 2 aromatic rings. The molecule has 1 saturated heterocycles. The quantitative estimate of drug-likeness (QED) is 0.579. The molecule has 31 heavy (non-hydrogen) atoms. The van der Waals surface area contributed by atoms with Crippen LogP contribution in [0.5, 0.6) is 0 Å². The Morgan fingerprint density at radius 3 is 2.65 bits per heavy atom. The first kappa shape index (κ1) is 23.4. The number of hydrogen-bond donors (Lipinski definition) is 1. The number of halogens is 2. The number of thiophene rings is 1. The van der Waals surface area contributed by atoms with Crippen LogP contribution in [0.2, 0.25) is 4.34 Å². The van der Waals surface area contributed by atoms with E-state index in [0.717, 1.165) is 5.41 Å². The minimum absolute atomic E-state index is 0.0359. The second-order valence-corrected chi connectivity index (χ2v) is 10.5. The summed E-state index contributed by atoms with van der Waals surface area (Å²) in [5.74, 6) is -1.21. The van der Waals surface area contributed by atoms with Gasteiger partial charge in [-0.05, 0) is 56.7 Å². The molecule has 2 heterocycles. The molecule has 1 fully saturated rings. The molecular weight excluding hydrogens is 465 g/mol. The highest BCUT2D eigenvalue weighted by molar-refractivity contribution is 7.92. The van der Waals surface area contributed by atoms with Gasteiger partial charge in [0.1, 0.15) is 11.9 Å². The SMILES string of the molecule is CC(C)N(C=O)c1ccc(N2CC[C@H](NS(=O)(=O)/C=C/c3ccc(Cl)s3)C2=O)c(F)c1. The smallest absolute Gasteiger partial charge is 0.245 e. The van der Waals surface area contributed by atoms with E-state index in [9.17, 15) is 22.4 Å². The van der Waals surface area contributed by atoms with Crippen LogP contribution in [0.3, 0.4) is 0 Å². The van der Waals surface area contributed by atoms with Gasteiger partial charge >= 0.3 is 0 Å². The summed E-state index contributed by atoms with van der Waals surface area (Å²) in [5.41, 5.74) is 0.405. The maximum Gasteiger partial charge on any atom is 0.245 e. The summed E-state index contributed by atoms with van der Waals surface area (Å²) >= 11 is 7.05. The molecule has 7 nitrogen and oxygen atoms in total. The van der Waals surface area contributed by atoms with Crippen molar-refractivity contribution in [1.82, 2.24) is 4.72 Å². The molecule has 0 unspecified atom stereocenters. The third-order valence-electron chi connectivity index (χ3n) is 4.71. The Hall–Kier alpha value is -2.27. The summed E-state index contributed by atoms with van der Waals surface area (Å²) in [7, 11) is -3.89. The number of carbonyl (C=O) groups is 2. The van der Waals surface area contributed by atoms with Crippen LogP contribution in [0, 0.1) is 5.82 Å². The van der Waals surface area contributed by atoms with Crippen LogP contribution in [0.1, 0.15) is 25.1 Å². The molecule has 1 N–H and O–H groups in total. The van der Waals surface area contributed by atoms with Gasteiger partial charge in [0, 0.05) is 28.6 Å². The van der Waals surface area contributed by atoms with Crippen LogP contribution in [0.15, 0.2) is 35.7 Å². The predicted molar refractivity (Wildman–Crippen MR) is 121 cm³/mol. The maximum atomic E-state index is 14.7. The van der Waals surface area contributed by atoms with E-state index in [4.69, 9.17) is 11.6 Å². The molecule has 1 atom stereocenters. The lowest BCUT2D eigenvalue weighted by molar-refractivity contribution is -0.118. The van der Waals surface area contributed by atoms with Gasteiger partial charge in [-0.25, -0.2) is 12.8 Å². The van der Waals surface area contributed by atoms with Crippen molar-refractivity contribution in [1.29, 1.82) is 0 Å². The van der Waals surface area contributed by atoms with E-state index in [-0.39, 0.29) is 24.7 Å². The van der Waals surface area contributed by atoms with E-state index in [1.165, 1.54) is 39.3 Å². The topological polar surface area (TPSA) is 86.8 Å². The van der Waals surface area contributed by atoms with Gasteiger partial charge in [0.2, 0.25) is 22.3 Å². The summed E-state index contributed by atoms with van der Waals surface area (Å²) in [6, 6.07) is 6.32. The van der Waals surface area contributed by atoms with Gasteiger partial charge in [0.25, 0.3) is 0 Å². The third-order valence-corrected chi connectivity index (χ3v) is 7.01. The lowest BCUT2D eigenvalue weighted by atomic mass is 10.2. The molecular formula is C20H21ClFN3O4S2. The number of anilines is 2. The monoisotopic (exact) mass is 485 g/mol. The van der Waals surface area contributed by atoms with Crippen LogP contribution >= 0.6 is 22.9 Å². The average molecular weight is 486 g/mol. The van der Waals surface area contributed by atoms with E-state index in [0.29, 0.717) is 21.3 Å². The van der Waals surface area contributed by atoms with Crippen LogP contribution in [0.4, 0.5) is 15.8 Å². The fraction of sp³-hybridized carbons (Fsp3) is 0.300. The van der Waals surface area contributed by atoms with E-state index in [1.807, 2.05) is 0 Å². The fourth-order valence-electron chi connectivity index (χ4n) is 3.20. The first-order valence-electron chi connectivity index (χ1n) is 9.41. The summed E-state index contributed by atoms with van der Waals surface area (Å²) in [4.78, 5) is 27.2. The van der Waals surface area contributed by atoms with Crippen molar-refractivity contribution in [2.24, 2.45) is 0 Å². The largest absolute Gasteiger partial charge is 0.312 e. The number of nitrogens with one attached hydrogen (secondary N) is 1. The number of sulfonamides is 1. The number of benzene rings is 1. The highest BCUT2D eigenvalue weighted by Crippen LogP contribution is 2.29. The summed E-state index contributed by atoms with van der Waals surface area (Å²) in [6.45, 7) is 3.75. The zero-order valence-electron chi connectivity index (χ0n) is 16.8. The zero-order chi connectivity index (χ0) is 22.8. The van der Waals surface area contributed by atoms with Crippen LogP contribution < -0.4 is 14.5 Å². The first-order chi connectivity index (χ1) is 14.6. The predicted octanol–water partition coefficient (Wildman–Crippen LogP) is 3.61. The lowest BCUT2D eigenvalue weighted by Crippen LogP contribution is -2.41. The molecule has 1 aliphatic rings. The molecule has 11 heteroatoms. The zero-order valence-corrected chi connectivity index (χ0v) is 19.2. The van der Waals surface area contributed by atoms with Gasteiger partial charge in [0.15, 0.2) is 0 Å². The number of rotatable bonds is 8. The van der Waals surface area contributed by atoms with Crippen molar-refractivity contribution < 1.29 is 22.4 Å².